The minimum absolute atomic E-state index is 0.0836. The Morgan fingerprint density at radius 2 is 2.22 bits per heavy atom. The number of rotatable bonds is 5. The summed E-state index contributed by atoms with van der Waals surface area (Å²) in [5.41, 5.74) is 0.866. The highest BCUT2D eigenvalue weighted by Gasteiger charge is 2.24. The molecule has 2 atom stereocenters. The van der Waals surface area contributed by atoms with Gasteiger partial charge in [-0.15, -0.1) is 0 Å². The van der Waals surface area contributed by atoms with E-state index >= 15 is 0 Å². The van der Waals surface area contributed by atoms with Gasteiger partial charge in [0.25, 0.3) is 0 Å². The van der Waals surface area contributed by atoms with Crippen LogP contribution in [0.15, 0.2) is 30.3 Å². The molecular weight excluding hydrogens is 246 g/mol. The molecule has 1 amide bonds. The largest absolute Gasteiger partial charge is 0.377 e. The topological polar surface area (TPSA) is 38.3 Å². The molecule has 1 aromatic carbocycles. The molecule has 98 valence electrons. The lowest BCUT2D eigenvalue weighted by molar-refractivity contribution is -0.115. The van der Waals surface area contributed by atoms with Crippen LogP contribution in [0.4, 0.5) is 5.69 Å². The van der Waals surface area contributed by atoms with E-state index < -0.39 is 0 Å². The minimum atomic E-state index is 0.0836. The van der Waals surface area contributed by atoms with Crippen LogP contribution in [0.5, 0.6) is 0 Å². The van der Waals surface area contributed by atoms with Crippen LogP contribution in [-0.2, 0) is 9.53 Å². The molecule has 4 heteroatoms. The molecule has 1 heterocycles. The number of nitrogens with one attached hydrogen (secondary N) is 1. The average Bonchev–Trinajstić information content (AvgIpc) is 2.76. The number of carbonyl (C=O) groups excluding carboxylic acids is 1. The van der Waals surface area contributed by atoms with Crippen LogP contribution >= 0.6 is 11.8 Å². The van der Waals surface area contributed by atoms with Gasteiger partial charge in [-0.25, -0.2) is 0 Å². The van der Waals surface area contributed by atoms with Crippen LogP contribution in [-0.4, -0.2) is 29.6 Å². The van der Waals surface area contributed by atoms with Gasteiger partial charge in [-0.2, -0.15) is 11.8 Å². The second kappa shape index (κ2) is 6.81. The number of thioether (sulfide) groups is 1. The first kappa shape index (κ1) is 13.4. The molecule has 0 aromatic heterocycles. The van der Waals surface area contributed by atoms with Crippen molar-refractivity contribution in [2.75, 3.05) is 17.7 Å². The van der Waals surface area contributed by atoms with Crippen LogP contribution in [0.1, 0.15) is 19.8 Å². The molecule has 0 aliphatic carbocycles. The minimum Gasteiger partial charge on any atom is -0.377 e. The van der Waals surface area contributed by atoms with Crippen LogP contribution in [0.3, 0.4) is 0 Å². The number of hydrogen-bond acceptors (Lipinski definition) is 3. The summed E-state index contributed by atoms with van der Waals surface area (Å²) in [6.45, 7) is 2.96. The van der Waals surface area contributed by atoms with Crippen molar-refractivity contribution in [3.05, 3.63) is 30.3 Å². The van der Waals surface area contributed by atoms with Gasteiger partial charge in [0, 0.05) is 29.7 Å². The number of amides is 1. The predicted octanol–water partition coefficient (Wildman–Crippen LogP) is 2.93. The summed E-state index contributed by atoms with van der Waals surface area (Å²) in [6, 6.07) is 9.58. The van der Waals surface area contributed by atoms with Gasteiger partial charge >= 0.3 is 0 Å². The van der Waals surface area contributed by atoms with Gasteiger partial charge in [-0.3, -0.25) is 4.79 Å². The fraction of sp³-hybridized carbons (Fsp3) is 0.500. The molecule has 0 bridgehead atoms. The maximum absolute atomic E-state index is 11.7. The SMILES string of the molecule is C[C@H]1OCC[C@@H]1SCCC(=O)Nc1ccccc1. The van der Waals surface area contributed by atoms with E-state index in [0.717, 1.165) is 24.5 Å². The number of ether oxygens (including phenoxy) is 1. The first-order valence-corrected chi connectivity index (χ1v) is 7.38. The Hall–Kier alpha value is -1.00. The third kappa shape index (κ3) is 4.03. The zero-order valence-electron chi connectivity index (χ0n) is 10.6. The summed E-state index contributed by atoms with van der Waals surface area (Å²) in [5, 5.41) is 3.45. The second-order valence-electron chi connectivity index (χ2n) is 4.44. The smallest absolute Gasteiger partial charge is 0.225 e. The average molecular weight is 265 g/mol. The van der Waals surface area contributed by atoms with Crippen molar-refractivity contribution >= 4 is 23.4 Å². The highest BCUT2D eigenvalue weighted by molar-refractivity contribution is 7.99. The highest BCUT2D eigenvalue weighted by Crippen LogP contribution is 2.26. The number of para-hydroxylation sites is 1. The van der Waals surface area contributed by atoms with Gasteiger partial charge in [-0.05, 0) is 25.5 Å². The van der Waals surface area contributed by atoms with Crippen molar-refractivity contribution in [2.24, 2.45) is 0 Å². The zero-order valence-corrected chi connectivity index (χ0v) is 11.4. The second-order valence-corrected chi connectivity index (χ2v) is 5.79. The fourth-order valence-electron chi connectivity index (χ4n) is 1.98. The van der Waals surface area contributed by atoms with Crippen molar-refractivity contribution in [1.82, 2.24) is 0 Å². The van der Waals surface area contributed by atoms with Gasteiger partial charge in [0.15, 0.2) is 0 Å². The van der Waals surface area contributed by atoms with E-state index in [4.69, 9.17) is 4.74 Å². The molecule has 1 aliphatic rings. The normalized spacial score (nSPS) is 22.9. The Morgan fingerprint density at radius 1 is 1.44 bits per heavy atom. The first-order chi connectivity index (χ1) is 8.75. The summed E-state index contributed by atoms with van der Waals surface area (Å²) < 4.78 is 5.50. The van der Waals surface area contributed by atoms with Crippen molar-refractivity contribution in [1.29, 1.82) is 0 Å². The quantitative estimate of drug-likeness (QED) is 0.889. The van der Waals surface area contributed by atoms with E-state index in [1.54, 1.807) is 0 Å². The molecule has 0 saturated carbocycles. The highest BCUT2D eigenvalue weighted by atomic mass is 32.2. The molecule has 1 aromatic rings. The molecule has 1 aliphatic heterocycles. The lowest BCUT2D eigenvalue weighted by Crippen LogP contribution is -2.16. The third-order valence-corrected chi connectivity index (χ3v) is 4.51. The van der Waals surface area contributed by atoms with E-state index in [9.17, 15) is 4.79 Å². The monoisotopic (exact) mass is 265 g/mol. The van der Waals surface area contributed by atoms with Crippen molar-refractivity contribution < 1.29 is 9.53 Å². The Kier molecular flexibility index (Phi) is 5.08. The summed E-state index contributed by atoms with van der Waals surface area (Å²) in [4.78, 5) is 11.7. The van der Waals surface area contributed by atoms with E-state index in [1.165, 1.54) is 0 Å². The third-order valence-electron chi connectivity index (χ3n) is 3.03. The first-order valence-electron chi connectivity index (χ1n) is 6.34. The molecule has 0 spiro atoms. The van der Waals surface area contributed by atoms with Crippen LogP contribution in [0.25, 0.3) is 0 Å². The van der Waals surface area contributed by atoms with Crippen LogP contribution < -0.4 is 5.32 Å². The molecular formula is C14H19NO2S. The molecule has 1 fully saturated rings. The van der Waals surface area contributed by atoms with Crippen molar-refractivity contribution in [3.8, 4) is 0 Å². The molecule has 18 heavy (non-hydrogen) atoms. The summed E-state index contributed by atoms with van der Waals surface area (Å²) in [6.07, 6.45) is 1.99. The number of carbonyl (C=O) groups is 1. The Bertz CT molecular complexity index is 383. The Balaban J connectivity index is 1.66. The van der Waals surface area contributed by atoms with E-state index in [2.05, 4.69) is 12.2 Å². The summed E-state index contributed by atoms with van der Waals surface area (Å²) in [5.74, 6) is 0.942. The van der Waals surface area contributed by atoms with Crippen LogP contribution in [0, 0.1) is 0 Å². The molecule has 1 saturated heterocycles. The zero-order chi connectivity index (χ0) is 12.8. The lowest BCUT2D eigenvalue weighted by atomic mass is 10.3. The van der Waals surface area contributed by atoms with Gasteiger partial charge in [0.1, 0.15) is 0 Å². The van der Waals surface area contributed by atoms with Gasteiger partial charge < -0.3 is 10.1 Å². The van der Waals surface area contributed by atoms with E-state index in [-0.39, 0.29) is 5.91 Å². The lowest BCUT2D eigenvalue weighted by Gasteiger charge is -2.13. The molecule has 0 unspecified atom stereocenters. The summed E-state index contributed by atoms with van der Waals surface area (Å²) in [7, 11) is 0. The van der Waals surface area contributed by atoms with E-state index in [0.29, 0.717) is 17.8 Å². The molecule has 3 nitrogen and oxygen atoms in total. The van der Waals surface area contributed by atoms with Gasteiger partial charge in [0.05, 0.1) is 6.10 Å². The van der Waals surface area contributed by atoms with Crippen molar-refractivity contribution in [2.45, 2.75) is 31.1 Å². The Morgan fingerprint density at radius 3 is 2.89 bits per heavy atom. The maximum atomic E-state index is 11.7. The standard InChI is InChI=1S/C14H19NO2S/c1-11-13(7-9-17-11)18-10-8-14(16)15-12-5-3-2-4-6-12/h2-6,11,13H,7-10H2,1H3,(H,15,16)/t11-,13+/m1/s1. The predicted molar refractivity (Wildman–Crippen MR) is 76.0 cm³/mol. The van der Waals surface area contributed by atoms with E-state index in [1.807, 2.05) is 42.1 Å². The summed E-state index contributed by atoms with van der Waals surface area (Å²) >= 11 is 1.85. The van der Waals surface area contributed by atoms with Crippen molar-refractivity contribution in [3.63, 3.8) is 0 Å². The van der Waals surface area contributed by atoms with Crippen LogP contribution in [0.2, 0.25) is 0 Å². The number of hydrogen-bond donors (Lipinski definition) is 1. The van der Waals surface area contributed by atoms with Gasteiger partial charge in [0.2, 0.25) is 5.91 Å². The van der Waals surface area contributed by atoms with Gasteiger partial charge in [-0.1, -0.05) is 18.2 Å². The number of anilines is 1. The fourth-order valence-corrected chi connectivity index (χ4v) is 3.20. The molecule has 0 radical (unpaired) electrons. The Labute approximate surface area is 112 Å². The molecule has 1 N–H and O–H groups in total. The molecule has 2 rings (SSSR count). The number of benzene rings is 1. The maximum Gasteiger partial charge on any atom is 0.225 e.